The van der Waals surface area contributed by atoms with Crippen molar-refractivity contribution in [2.75, 3.05) is 32.7 Å². The number of carbonyl (C=O) groups is 3. The predicted octanol–water partition coefficient (Wildman–Crippen LogP) is 1.42. The van der Waals surface area contributed by atoms with Crippen LogP contribution in [0.5, 0.6) is 0 Å². The van der Waals surface area contributed by atoms with Crippen molar-refractivity contribution >= 4 is 17.7 Å². The van der Waals surface area contributed by atoms with Gasteiger partial charge in [-0.15, -0.1) is 0 Å². The van der Waals surface area contributed by atoms with E-state index >= 15 is 0 Å². The smallest absolute Gasteiger partial charge is 0.289 e. The fourth-order valence-electron chi connectivity index (χ4n) is 2.57. The molecule has 1 N–H and O–H groups in total. The van der Waals surface area contributed by atoms with Gasteiger partial charge in [-0.25, -0.2) is 0 Å². The van der Waals surface area contributed by atoms with Crippen molar-refractivity contribution in [3.8, 4) is 0 Å². The van der Waals surface area contributed by atoms with Crippen LogP contribution in [0.4, 0.5) is 0 Å². The molecule has 7 nitrogen and oxygen atoms in total. The van der Waals surface area contributed by atoms with Crippen LogP contribution in [0, 0.1) is 12.3 Å². The molecule has 3 amide bonds. The van der Waals surface area contributed by atoms with Gasteiger partial charge in [0, 0.05) is 44.6 Å². The Hall–Kier alpha value is -2.31. The number of furan rings is 1. The van der Waals surface area contributed by atoms with E-state index in [1.807, 2.05) is 20.8 Å². The second-order valence-corrected chi connectivity index (χ2v) is 7.34. The van der Waals surface area contributed by atoms with Crippen LogP contribution in [0.1, 0.15) is 43.5 Å². The standard InChI is InChI=1S/C18H27N3O4/c1-13-5-6-14(25-13)16(23)21-11-9-20(10-12-21)15(22)7-8-19-17(24)18(2,3)4/h5-6H,7-12H2,1-4H3,(H,19,24). The number of hydrogen-bond donors (Lipinski definition) is 1. The van der Waals surface area contributed by atoms with Crippen molar-refractivity contribution in [3.05, 3.63) is 23.7 Å². The summed E-state index contributed by atoms with van der Waals surface area (Å²) in [6.07, 6.45) is 0.271. The summed E-state index contributed by atoms with van der Waals surface area (Å²) in [4.78, 5) is 39.8. The molecule has 0 aromatic carbocycles. The zero-order valence-electron chi connectivity index (χ0n) is 15.4. The van der Waals surface area contributed by atoms with Gasteiger partial charge in [-0.05, 0) is 19.1 Å². The van der Waals surface area contributed by atoms with Gasteiger partial charge in [-0.3, -0.25) is 14.4 Å². The lowest BCUT2D eigenvalue weighted by Gasteiger charge is -2.34. The minimum absolute atomic E-state index is 0.00449. The summed E-state index contributed by atoms with van der Waals surface area (Å²) in [7, 11) is 0. The van der Waals surface area contributed by atoms with Crippen LogP contribution >= 0.6 is 0 Å². The van der Waals surface area contributed by atoms with E-state index in [0.29, 0.717) is 44.2 Å². The Morgan fingerprint density at radius 1 is 1.08 bits per heavy atom. The van der Waals surface area contributed by atoms with Crippen LogP contribution in [0.25, 0.3) is 0 Å². The molecule has 0 saturated carbocycles. The van der Waals surface area contributed by atoms with Gasteiger partial charge >= 0.3 is 0 Å². The Morgan fingerprint density at radius 3 is 2.20 bits per heavy atom. The van der Waals surface area contributed by atoms with Crippen molar-refractivity contribution in [1.82, 2.24) is 15.1 Å². The first-order chi connectivity index (χ1) is 11.7. The largest absolute Gasteiger partial charge is 0.456 e. The highest BCUT2D eigenvalue weighted by Gasteiger charge is 2.26. The third-order valence-corrected chi connectivity index (χ3v) is 4.18. The summed E-state index contributed by atoms with van der Waals surface area (Å²) in [5.74, 6) is 0.828. The minimum Gasteiger partial charge on any atom is -0.456 e. The summed E-state index contributed by atoms with van der Waals surface area (Å²) < 4.78 is 5.36. The zero-order valence-corrected chi connectivity index (χ0v) is 15.4. The predicted molar refractivity (Wildman–Crippen MR) is 93.0 cm³/mol. The molecule has 1 aliphatic heterocycles. The fourth-order valence-corrected chi connectivity index (χ4v) is 2.57. The van der Waals surface area contributed by atoms with Crippen LogP contribution in [0.2, 0.25) is 0 Å². The van der Waals surface area contributed by atoms with Crippen LogP contribution < -0.4 is 5.32 Å². The highest BCUT2D eigenvalue weighted by Crippen LogP contribution is 2.13. The SMILES string of the molecule is Cc1ccc(C(=O)N2CCN(C(=O)CCNC(=O)C(C)(C)C)CC2)o1. The number of nitrogens with zero attached hydrogens (tertiary/aromatic N) is 2. The van der Waals surface area contributed by atoms with Gasteiger partial charge < -0.3 is 19.5 Å². The van der Waals surface area contributed by atoms with E-state index in [2.05, 4.69) is 5.32 Å². The zero-order chi connectivity index (χ0) is 18.6. The van der Waals surface area contributed by atoms with Crippen molar-refractivity contribution in [1.29, 1.82) is 0 Å². The average molecular weight is 349 g/mol. The number of amides is 3. The molecule has 7 heteroatoms. The molecule has 1 fully saturated rings. The summed E-state index contributed by atoms with van der Waals surface area (Å²) in [6.45, 7) is 9.60. The van der Waals surface area contributed by atoms with Crippen LogP contribution in [-0.4, -0.2) is 60.2 Å². The molecule has 25 heavy (non-hydrogen) atoms. The molecule has 1 aromatic rings. The molecular formula is C18H27N3O4. The minimum atomic E-state index is -0.459. The fraction of sp³-hybridized carbons (Fsp3) is 0.611. The monoisotopic (exact) mass is 349 g/mol. The quantitative estimate of drug-likeness (QED) is 0.891. The lowest BCUT2D eigenvalue weighted by molar-refractivity contribution is -0.133. The lowest BCUT2D eigenvalue weighted by atomic mass is 9.96. The number of nitrogens with one attached hydrogen (secondary N) is 1. The maximum atomic E-state index is 12.3. The molecule has 1 aromatic heterocycles. The van der Waals surface area contributed by atoms with Gasteiger partial charge in [0.2, 0.25) is 11.8 Å². The lowest BCUT2D eigenvalue weighted by Crippen LogP contribution is -2.51. The van der Waals surface area contributed by atoms with Gasteiger partial charge in [0.1, 0.15) is 5.76 Å². The molecule has 0 radical (unpaired) electrons. The van der Waals surface area contributed by atoms with Crippen molar-refractivity contribution in [3.63, 3.8) is 0 Å². The first kappa shape index (κ1) is 19.0. The number of piperazine rings is 1. The summed E-state index contributed by atoms with van der Waals surface area (Å²) >= 11 is 0. The molecule has 0 atom stereocenters. The van der Waals surface area contributed by atoms with Crippen LogP contribution in [0.15, 0.2) is 16.5 Å². The number of carbonyl (C=O) groups excluding carboxylic acids is 3. The molecule has 0 bridgehead atoms. The molecule has 0 spiro atoms. The maximum absolute atomic E-state index is 12.3. The van der Waals surface area contributed by atoms with E-state index in [1.54, 1.807) is 28.9 Å². The Morgan fingerprint density at radius 2 is 1.68 bits per heavy atom. The Bertz CT molecular complexity index is 637. The van der Waals surface area contributed by atoms with E-state index in [-0.39, 0.29) is 24.1 Å². The highest BCUT2D eigenvalue weighted by atomic mass is 16.3. The molecule has 2 rings (SSSR count). The van der Waals surface area contributed by atoms with Gasteiger partial charge in [0.25, 0.3) is 5.91 Å². The number of rotatable bonds is 4. The second kappa shape index (κ2) is 7.72. The molecule has 138 valence electrons. The van der Waals surface area contributed by atoms with Gasteiger partial charge in [-0.2, -0.15) is 0 Å². The first-order valence-electron chi connectivity index (χ1n) is 8.60. The van der Waals surface area contributed by atoms with E-state index in [0.717, 1.165) is 0 Å². The van der Waals surface area contributed by atoms with Crippen molar-refractivity contribution < 1.29 is 18.8 Å². The molecular weight excluding hydrogens is 322 g/mol. The Kier molecular flexibility index (Phi) is 5.87. The number of hydrogen-bond acceptors (Lipinski definition) is 4. The van der Waals surface area contributed by atoms with Gasteiger partial charge in [-0.1, -0.05) is 20.8 Å². The third kappa shape index (κ3) is 5.08. The van der Waals surface area contributed by atoms with Crippen LogP contribution in [0.3, 0.4) is 0 Å². The normalized spacial score (nSPS) is 15.2. The molecule has 1 aliphatic rings. The Balaban J connectivity index is 1.75. The summed E-state index contributed by atoms with van der Waals surface area (Å²) in [5, 5.41) is 2.78. The van der Waals surface area contributed by atoms with Crippen molar-refractivity contribution in [2.24, 2.45) is 5.41 Å². The summed E-state index contributed by atoms with van der Waals surface area (Å²) in [5.41, 5.74) is -0.459. The summed E-state index contributed by atoms with van der Waals surface area (Å²) in [6, 6.07) is 3.44. The second-order valence-electron chi connectivity index (χ2n) is 7.34. The van der Waals surface area contributed by atoms with E-state index in [1.165, 1.54) is 0 Å². The average Bonchev–Trinajstić information content (AvgIpc) is 2.99. The molecule has 0 aliphatic carbocycles. The molecule has 2 heterocycles. The van der Waals surface area contributed by atoms with E-state index < -0.39 is 5.41 Å². The van der Waals surface area contributed by atoms with Gasteiger partial charge in [0.15, 0.2) is 5.76 Å². The molecule has 0 unspecified atom stereocenters. The van der Waals surface area contributed by atoms with Gasteiger partial charge in [0.05, 0.1) is 0 Å². The Labute approximate surface area is 148 Å². The highest BCUT2D eigenvalue weighted by molar-refractivity contribution is 5.91. The third-order valence-electron chi connectivity index (χ3n) is 4.18. The van der Waals surface area contributed by atoms with E-state index in [4.69, 9.17) is 4.42 Å². The topological polar surface area (TPSA) is 82.9 Å². The van der Waals surface area contributed by atoms with E-state index in [9.17, 15) is 14.4 Å². The maximum Gasteiger partial charge on any atom is 0.289 e. The number of aryl methyl sites for hydroxylation is 1. The van der Waals surface area contributed by atoms with Crippen LogP contribution in [-0.2, 0) is 9.59 Å². The first-order valence-corrected chi connectivity index (χ1v) is 8.60. The van der Waals surface area contributed by atoms with Crippen molar-refractivity contribution in [2.45, 2.75) is 34.1 Å². The molecule has 1 saturated heterocycles.